The molecule has 20 heavy (non-hydrogen) atoms. The summed E-state index contributed by atoms with van der Waals surface area (Å²) in [5.41, 5.74) is 0.980. The highest BCUT2D eigenvalue weighted by Gasteiger charge is 2.20. The van der Waals surface area contributed by atoms with Crippen LogP contribution in [0.25, 0.3) is 0 Å². The standard InChI is InChI=1S/C15H24ClNO2S/c1-15(2,10-6-11-16)13-17-20(18,19)12-9-14-7-4-3-5-8-14/h3-5,7-8,17H,6,9-13H2,1-2H3. The van der Waals surface area contributed by atoms with Crippen molar-refractivity contribution in [2.45, 2.75) is 33.1 Å². The summed E-state index contributed by atoms with van der Waals surface area (Å²) in [7, 11) is -3.22. The molecule has 1 rings (SSSR count). The third-order valence-electron chi connectivity index (χ3n) is 3.26. The summed E-state index contributed by atoms with van der Waals surface area (Å²) in [6.07, 6.45) is 2.36. The Morgan fingerprint density at radius 3 is 2.45 bits per heavy atom. The van der Waals surface area contributed by atoms with Gasteiger partial charge in [-0.05, 0) is 30.2 Å². The molecule has 5 heteroatoms. The predicted octanol–water partition coefficient (Wildman–Crippen LogP) is 3.19. The molecule has 0 saturated carbocycles. The van der Waals surface area contributed by atoms with Gasteiger partial charge in [0.1, 0.15) is 0 Å². The molecule has 0 saturated heterocycles. The van der Waals surface area contributed by atoms with Gasteiger partial charge in [-0.15, -0.1) is 11.6 Å². The Morgan fingerprint density at radius 2 is 1.85 bits per heavy atom. The van der Waals surface area contributed by atoms with E-state index in [1.165, 1.54) is 0 Å². The SMILES string of the molecule is CC(C)(CCCCl)CNS(=O)(=O)CCc1ccccc1. The highest BCUT2D eigenvalue weighted by atomic mass is 35.5. The Kier molecular flexibility index (Phi) is 7.00. The maximum absolute atomic E-state index is 12.0. The summed E-state index contributed by atoms with van der Waals surface area (Å²) in [6, 6.07) is 9.66. The minimum absolute atomic E-state index is 0.0608. The minimum atomic E-state index is -3.22. The predicted molar refractivity (Wildman–Crippen MR) is 85.7 cm³/mol. The van der Waals surface area contributed by atoms with Gasteiger partial charge in [0, 0.05) is 12.4 Å². The number of hydrogen-bond donors (Lipinski definition) is 1. The second kappa shape index (κ2) is 8.01. The van der Waals surface area contributed by atoms with Crippen LogP contribution in [0.2, 0.25) is 0 Å². The van der Waals surface area contributed by atoms with E-state index in [9.17, 15) is 8.42 Å². The summed E-state index contributed by atoms with van der Waals surface area (Å²) in [6.45, 7) is 4.57. The van der Waals surface area contributed by atoms with Crippen molar-refractivity contribution in [3.05, 3.63) is 35.9 Å². The van der Waals surface area contributed by atoms with Crippen LogP contribution in [0, 0.1) is 5.41 Å². The number of sulfonamides is 1. The van der Waals surface area contributed by atoms with E-state index in [4.69, 9.17) is 11.6 Å². The van der Waals surface area contributed by atoms with Gasteiger partial charge in [-0.25, -0.2) is 13.1 Å². The van der Waals surface area contributed by atoms with E-state index in [0.717, 1.165) is 18.4 Å². The molecule has 0 bridgehead atoms. The second-order valence-electron chi connectivity index (χ2n) is 5.83. The molecule has 1 N–H and O–H groups in total. The highest BCUT2D eigenvalue weighted by Crippen LogP contribution is 2.21. The van der Waals surface area contributed by atoms with Crippen LogP contribution in [-0.2, 0) is 16.4 Å². The zero-order valence-corrected chi connectivity index (χ0v) is 13.8. The first-order valence-electron chi connectivity index (χ1n) is 6.92. The fourth-order valence-electron chi connectivity index (χ4n) is 1.91. The van der Waals surface area contributed by atoms with Crippen LogP contribution in [0.5, 0.6) is 0 Å². The zero-order valence-electron chi connectivity index (χ0n) is 12.2. The van der Waals surface area contributed by atoms with Gasteiger partial charge in [0.25, 0.3) is 0 Å². The van der Waals surface area contributed by atoms with Crippen molar-refractivity contribution < 1.29 is 8.42 Å². The van der Waals surface area contributed by atoms with E-state index in [-0.39, 0.29) is 11.2 Å². The largest absolute Gasteiger partial charge is 0.215 e. The molecular formula is C15H24ClNO2S. The number of rotatable bonds is 9. The number of hydrogen-bond acceptors (Lipinski definition) is 2. The first kappa shape index (κ1) is 17.5. The Labute approximate surface area is 127 Å². The lowest BCUT2D eigenvalue weighted by Crippen LogP contribution is -2.35. The fraction of sp³-hybridized carbons (Fsp3) is 0.600. The average molecular weight is 318 g/mol. The number of nitrogens with one attached hydrogen (secondary N) is 1. The van der Waals surface area contributed by atoms with Crippen LogP contribution < -0.4 is 4.72 Å². The molecule has 0 heterocycles. The highest BCUT2D eigenvalue weighted by molar-refractivity contribution is 7.89. The Hall–Kier alpha value is -0.580. The molecule has 0 spiro atoms. The topological polar surface area (TPSA) is 46.2 Å². The lowest BCUT2D eigenvalue weighted by Gasteiger charge is -2.24. The molecule has 3 nitrogen and oxygen atoms in total. The molecule has 0 fully saturated rings. The van der Waals surface area contributed by atoms with E-state index < -0.39 is 10.0 Å². The summed E-state index contributed by atoms with van der Waals surface area (Å²) in [5, 5.41) is 0. The third-order valence-corrected chi connectivity index (χ3v) is 4.85. The number of benzene rings is 1. The van der Waals surface area contributed by atoms with Gasteiger partial charge >= 0.3 is 0 Å². The monoisotopic (exact) mass is 317 g/mol. The van der Waals surface area contributed by atoms with Gasteiger partial charge in [0.15, 0.2) is 0 Å². The molecule has 0 atom stereocenters. The van der Waals surface area contributed by atoms with Gasteiger partial charge in [-0.1, -0.05) is 44.2 Å². The van der Waals surface area contributed by atoms with Crippen LogP contribution in [0.3, 0.4) is 0 Å². The summed E-state index contributed by atoms with van der Waals surface area (Å²) in [4.78, 5) is 0. The normalized spacial score (nSPS) is 12.6. The molecule has 0 amide bonds. The molecule has 1 aromatic carbocycles. The first-order chi connectivity index (χ1) is 9.35. The van der Waals surface area contributed by atoms with Gasteiger partial charge in [-0.3, -0.25) is 0 Å². The Bertz CT molecular complexity index is 486. The zero-order chi connectivity index (χ0) is 15.1. The molecule has 0 radical (unpaired) electrons. The maximum Gasteiger partial charge on any atom is 0.211 e. The number of halogens is 1. The van der Waals surface area contributed by atoms with Crippen molar-refractivity contribution in [1.29, 1.82) is 0 Å². The summed E-state index contributed by atoms with van der Waals surface area (Å²) >= 11 is 5.68. The second-order valence-corrected chi connectivity index (χ2v) is 8.14. The van der Waals surface area contributed by atoms with Crippen LogP contribution in [0.4, 0.5) is 0 Å². The van der Waals surface area contributed by atoms with Crippen molar-refractivity contribution >= 4 is 21.6 Å². The van der Waals surface area contributed by atoms with E-state index in [0.29, 0.717) is 18.8 Å². The fourth-order valence-corrected chi connectivity index (χ4v) is 3.30. The summed E-state index contributed by atoms with van der Waals surface area (Å²) in [5.74, 6) is 0.743. The van der Waals surface area contributed by atoms with Gasteiger partial charge in [0.2, 0.25) is 10.0 Å². The first-order valence-corrected chi connectivity index (χ1v) is 9.11. The van der Waals surface area contributed by atoms with Crippen LogP contribution >= 0.6 is 11.6 Å². The number of alkyl halides is 1. The van der Waals surface area contributed by atoms with E-state index >= 15 is 0 Å². The molecule has 0 aliphatic heterocycles. The Balaban J connectivity index is 2.42. The molecule has 1 aromatic rings. The molecule has 114 valence electrons. The van der Waals surface area contributed by atoms with Gasteiger partial charge < -0.3 is 0 Å². The van der Waals surface area contributed by atoms with Crippen molar-refractivity contribution in [2.75, 3.05) is 18.2 Å². The van der Waals surface area contributed by atoms with Gasteiger partial charge in [0.05, 0.1) is 5.75 Å². The number of aryl methyl sites for hydroxylation is 1. The lowest BCUT2D eigenvalue weighted by atomic mass is 9.88. The molecule has 0 aliphatic rings. The van der Waals surface area contributed by atoms with Crippen LogP contribution in [0.1, 0.15) is 32.3 Å². The van der Waals surface area contributed by atoms with E-state index in [2.05, 4.69) is 18.6 Å². The van der Waals surface area contributed by atoms with Crippen molar-refractivity contribution in [3.8, 4) is 0 Å². The van der Waals surface area contributed by atoms with Crippen molar-refractivity contribution in [1.82, 2.24) is 4.72 Å². The summed E-state index contributed by atoms with van der Waals surface area (Å²) < 4.78 is 26.7. The van der Waals surface area contributed by atoms with E-state index in [1.807, 2.05) is 30.3 Å². The smallest absolute Gasteiger partial charge is 0.211 e. The van der Waals surface area contributed by atoms with Crippen LogP contribution in [-0.4, -0.2) is 26.6 Å². The van der Waals surface area contributed by atoms with Crippen molar-refractivity contribution in [3.63, 3.8) is 0 Å². The lowest BCUT2D eigenvalue weighted by molar-refractivity contribution is 0.331. The van der Waals surface area contributed by atoms with Gasteiger partial charge in [-0.2, -0.15) is 0 Å². The molecule has 0 unspecified atom stereocenters. The van der Waals surface area contributed by atoms with E-state index in [1.54, 1.807) is 0 Å². The Morgan fingerprint density at radius 1 is 1.20 bits per heavy atom. The quantitative estimate of drug-likeness (QED) is 0.711. The molecule has 0 aromatic heterocycles. The minimum Gasteiger partial charge on any atom is -0.215 e. The van der Waals surface area contributed by atoms with Crippen molar-refractivity contribution in [2.24, 2.45) is 5.41 Å². The maximum atomic E-state index is 12.0. The third kappa shape index (κ3) is 7.27. The molecule has 0 aliphatic carbocycles. The average Bonchev–Trinajstić information content (AvgIpc) is 2.43. The molecular weight excluding hydrogens is 294 g/mol. The van der Waals surface area contributed by atoms with Crippen LogP contribution in [0.15, 0.2) is 30.3 Å².